The molecule has 8 heteroatoms. The van der Waals surface area contributed by atoms with Gasteiger partial charge in [0.1, 0.15) is 17.6 Å². The van der Waals surface area contributed by atoms with E-state index in [2.05, 4.69) is 15.6 Å². The van der Waals surface area contributed by atoms with Crippen molar-refractivity contribution in [1.29, 1.82) is 0 Å². The Morgan fingerprint density at radius 3 is 2.74 bits per heavy atom. The fourth-order valence-corrected chi connectivity index (χ4v) is 1.40. The summed E-state index contributed by atoms with van der Waals surface area (Å²) in [4.78, 5) is 27.9. The van der Waals surface area contributed by atoms with Crippen molar-refractivity contribution in [3.63, 3.8) is 0 Å². The summed E-state index contributed by atoms with van der Waals surface area (Å²) in [5.41, 5.74) is -0.301. The minimum absolute atomic E-state index is 0.00288. The lowest BCUT2D eigenvalue weighted by atomic mass is 10.2. The molecule has 0 aliphatic heterocycles. The van der Waals surface area contributed by atoms with E-state index in [1.165, 1.54) is 6.07 Å². The molecule has 0 aliphatic rings. The van der Waals surface area contributed by atoms with Gasteiger partial charge in [0, 0.05) is 26.2 Å². The van der Waals surface area contributed by atoms with Gasteiger partial charge in [0.25, 0.3) is 11.6 Å². The van der Waals surface area contributed by atoms with Crippen molar-refractivity contribution >= 4 is 17.4 Å². The van der Waals surface area contributed by atoms with Crippen LogP contribution in [0.15, 0.2) is 12.3 Å². The predicted octanol–water partition coefficient (Wildman–Crippen LogP) is 0.323. The molecule has 1 amide bonds. The van der Waals surface area contributed by atoms with Gasteiger partial charge in [-0.2, -0.15) is 0 Å². The molecule has 0 saturated heterocycles. The maximum atomic E-state index is 11.9. The Morgan fingerprint density at radius 2 is 2.21 bits per heavy atom. The van der Waals surface area contributed by atoms with Crippen LogP contribution in [-0.4, -0.2) is 54.9 Å². The van der Waals surface area contributed by atoms with Crippen LogP contribution in [0, 0.1) is 10.1 Å². The molecule has 1 heterocycles. The third kappa shape index (κ3) is 4.18. The van der Waals surface area contributed by atoms with Crippen molar-refractivity contribution in [2.45, 2.75) is 0 Å². The van der Waals surface area contributed by atoms with Crippen molar-refractivity contribution in [2.75, 3.05) is 39.5 Å². The Labute approximate surface area is 111 Å². The Morgan fingerprint density at radius 1 is 1.53 bits per heavy atom. The molecule has 0 aliphatic carbocycles. The molecule has 0 spiro atoms. The maximum absolute atomic E-state index is 11.9. The van der Waals surface area contributed by atoms with Crippen LogP contribution in [0.3, 0.4) is 0 Å². The fourth-order valence-electron chi connectivity index (χ4n) is 1.40. The third-order valence-electron chi connectivity index (χ3n) is 2.42. The predicted molar refractivity (Wildman–Crippen MR) is 71.3 cm³/mol. The molecule has 0 bridgehead atoms. The van der Waals surface area contributed by atoms with Crippen molar-refractivity contribution in [3.05, 3.63) is 27.9 Å². The molecule has 104 valence electrons. The number of carbonyl (C=O) groups is 1. The van der Waals surface area contributed by atoms with Crippen LogP contribution in [0.1, 0.15) is 10.4 Å². The van der Waals surface area contributed by atoms with Gasteiger partial charge in [-0.3, -0.25) is 14.9 Å². The van der Waals surface area contributed by atoms with Crippen molar-refractivity contribution < 1.29 is 9.72 Å². The minimum atomic E-state index is -0.618. The highest BCUT2D eigenvalue weighted by Crippen LogP contribution is 2.19. The number of nitrogens with one attached hydrogen (secondary N) is 2. The fraction of sp³-hybridized carbons (Fsp3) is 0.455. The van der Waals surface area contributed by atoms with Gasteiger partial charge >= 0.3 is 0 Å². The van der Waals surface area contributed by atoms with E-state index in [0.717, 1.165) is 6.20 Å². The van der Waals surface area contributed by atoms with Crippen LogP contribution < -0.4 is 10.6 Å². The van der Waals surface area contributed by atoms with E-state index in [-0.39, 0.29) is 11.3 Å². The minimum Gasteiger partial charge on any atom is -0.373 e. The number of nitro groups is 1. The Hall–Kier alpha value is -2.22. The Bertz CT molecular complexity index is 475. The van der Waals surface area contributed by atoms with E-state index in [1.807, 2.05) is 19.0 Å². The number of amides is 1. The molecule has 8 nitrogen and oxygen atoms in total. The van der Waals surface area contributed by atoms with E-state index in [0.29, 0.717) is 18.9 Å². The van der Waals surface area contributed by atoms with Crippen LogP contribution in [0.5, 0.6) is 0 Å². The zero-order valence-electron chi connectivity index (χ0n) is 11.1. The molecular weight excluding hydrogens is 250 g/mol. The monoisotopic (exact) mass is 267 g/mol. The van der Waals surface area contributed by atoms with E-state index >= 15 is 0 Å². The summed E-state index contributed by atoms with van der Waals surface area (Å²) in [6, 6.07) is 1.36. The molecule has 0 radical (unpaired) electrons. The van der Waals surface area contributed by atoms with Gasteiger partial charge in [0.15, 0.2) is 0 Å². The number of hydrogen-bond acceptors (Lipinski definition) is 6. The highest BCUT2D eigenvalue weighted by atomic mass is 16.6. The van der Waals surface area contributed by atoms with Crippen LogP contribution >= 0.6 is 0 Å². The summed E-state index contributed by atoms with van der Waals surface area (Å²) >= 11 is 0. The van der Waals surface area contributed by atoms with Crippen molar-refractivity contribution in [1.82, 2.24) is 15.2 Å². The van der Waals surface area contributed by atoms with Crippen LogP contribution in [0.25, 0.3) is 0 Å². The smallest absolute Gasteiger partial charge is 0.300 e. The number of carbonyl (C=O) groups excluding carboxylic acids is 1. The van der Waals surface area contributed by atoms with E-state index in [9.17, 15) is 14.9 Å². The summed E-state index contributed by atoms with van der Waals surface area (Å²) in [6.45, 7) is 1.07. The number of pyridine rings is 1. The SMILES string of the molecule is CNc1cc(C(=O)NCCN(C)C)c([N+](=O)[O-])cn1. The Balaban J connectivity index is 2.89. The second kappa shape index (κ2) is 6.64. The van der Waals surface area contributed by atoms with Crippen LogP contribution in [0.4, 0.5) is 11.5 Å². The van der Waals surface area contributed by atoms with Gasteiger partial charge in [-0.1, -0.05) is 0 Å². The molecule has 1 aromatic heterocycles. The largest absolute Gasteiger partial charge is 0.373 e. The summed E-state index contributed by atoms with van der Waals surface area (Å²) in [5, 5.41) is 16.2. The first kappa shape index (κ1) is 14.8. The quantitative estimate of drug-likeness (QED) is 0.569. The number of nitrogens with zero attached hydrogens (tertiary/aromatic N) is 3. The molecule has 1 aromatic rings. The van der Waals surface area contributed by atoms with E-state index in [4.69, 9.17) is 0 Å². The standard InChI is InChI=1S/C11H17N5O3/c1-12-10-6-8(9(7-14-10)16(18)19)11(17)13-4-5-15(2)3/h6-7H,4-5H2,1-3H3,(H,12,14)(H,13,17). The van der Waals surface area contributed by atoms with Gasteiger partial charge in [-0.05, 0) is 14.1 Å². The molecular formula is C11H17N5O3. The second-order valence-electron chi connectivity index (χ2n) is 4.15. The lowest BCUT2D eigenvalue weighted by Gasteiger charge is -2.10. The zero-order valence-corrected chi connectivity index (χ0v) is 11.1. The average Bonchev–Trinajstić information content (AvgIpc) is 2.37. The maximum Gasteiger partial charge on any atom is 0.300 e. The first-order valence-electron chi connectivity index (χ1n) is 5.70. The van der Waals surface area contributed by atoms with Gasteiger partial charge in [0.05, 0.1) is 4.92 Å². The van der Waals surface area contributed by atoms with Gasteiger partial charge in [-0.15, -0.1) is 0 Å². The highest BCUT2D eigenvalue weighted by Gasteiger charge is 2.21. The van der Waals surface area contributed by atoms with Gasteiger partial charge < -0.3 is 15.5 Å². The summed E-state index contributed by atoms with van der Waals surface area (Å²) in [6.07, 6.45) is 1.08. The molecule has 1 rings (SSSR count). The number of hydrogen-bond donors (Lipinski definition) is 2. The first-order chi connectivity index (χ1) is 8.95. The highest BCUT2D eigenvalue weighted by molar-refractivity contribution is 5.98. The zero-order chi connectivity index (χ0) is 14.4. The summed E-state index contributed by atoms with van der Waals surface area (Å²) < 4.78 is 0. The normalized spacial score (nSPS) is 10.3. The molecule has 0 atom stereocenters. The summed E-state index contributed by atoms with van der Waals surface area (Å²) in [7, 11) is 5.38. The molecule has 0 fully saturated rings. The van der Waals surface area contributed by atoms with Gasteiger partial charge in [-0.25, -0.2) is 4.98 Å². The molecule has 0 unspecified atom stereocenters. The van der Waals surface area contributed by atoms with Crippen molar-refractivity contribution in [2.24, 2.45) is 0 Å². The Kier molecular flexibility index (Phi) is 5.19. The molecule has 0 aromatic carbocycles. The first-order valence-corrected chi connectivity index (χ1v) is 5.70. The molecule has 2 N–H and O–H groups in total. The van der Waals surface area contributed by atoms with Crippen molar-refractivity contribution in [3.8, 4) is 0 Å². The molecule has 0 saturated carbocycles. The second-order valence-corrected chi connectivity index (χ2v) is 4.15. The topological polar surface area (TPSA) is 100 Å². The number of aromatic nitrogens is 1. The third-order valence-corrected chi connectivity index (χ3v) is 2.42. The van der Waals surface area contributed by atoms with Gasteiger partial charge in [0.2, 0.25) is 0 Å². The lowest BCUT2D eigenvalue weighted by Crippen LogP contribution is -2.31. The molecule has 19 heavy (non-hydrogen) atoms. The number of rotatable bonds is 6. The van der Waals surface area contributed by atoms with Crippen LogP contribution in [0.2, 0.25) is 0 Å². The summed E-state index contributed by atoms with van der Waals surface area (Å²) in [5.74, 6) is -0.0733. The van der Waals surface area contributed by atoms with Crippen LogP contribution in [-0.2, 0) is 0 Å². The number of likely N-dealkylation sites (N-methyl/N-ethyl adjacent to an activating group) is 1. The number of anilines is 1. The lowest BCUT2D eigenvalue weighted by molar-refractivity contribution is -0.385. The van der Waals surface area contributed by atoms with E-state index < -0.39 is 10.8 Å². The van der Waals surface area contributed by atoms with E-state index in [1.54, 1.807) is 7.05 Å². The average molecular weight is 267 g/mol.